The van der Waals surface area contributed by atoms with Gasteiger partial charge in [-0.15, -0.1) is 11.3 Å². The molecule has 1 unspecified atom stereocenters. The van der Waals surface area contributed by atoms with E-state index < -0.39 is 0 Å². The second-order valence-electron chi connectivity index (χ2n) is 7.38. The van der Waals surface area contributed by atoms with Crippen LogP contribution in [0, 0.1) is 19.7 Å². The number of thiazole rings is 1. The number of carbonyl (C=O) groups excluding carboxylic acids is 1. The summed E-state index contributed by atoms with van der Waals surface area (Å²) in [5, 5.41) is 3.79. The summed E-state index contributed by atoms with van der Waals surface area (Å²) >= 11 is 1.37. The summed E-state index contributed by atoms with van der Waals surface area (Å²) in [6.45, 7) is 8.87. The van der Waals surface area contributed by atoms with Gasteiger partial charge in [-0.3, -0.25) is 4.79 Å². The molecular formula is C21H28FN3OS. The predicted octanol–water partition coefficient (Wildman–Crippen LogP) is 4.56. The third kappa shape index (κ3) is 4.93. The molecule has 1 amide bonds. The van der Waals surface area contributed by atoms with E-state index in [4.69, 9.17) is 0 Å². The molecule has 1 aromatic heterocycles. The van der Waals surface area contributed by atoms with Crippen LogP contribution in [0.3, 0.4) is 0 Å². The molecule has 1 atom stereocenters. The van der Waals surface area contributed by atoms with Crippen LogP contribution < -0.4 is 5.32 Å². The average molecular weight is 390 g/mol. The molecule has 0 bridgehead atoms. The van der Waals surface area contributed by atoms with Gasteiger partial charge in [0, 0.05) is 24.7 Å². The van der Waals surface area contributed by atoms with Gasteiger partial charge in [0.2, 0.25) is 0 Å². The zero-order chi connectivity index (χ0) is 19.4. The molecular weight excluding hydrogens is 361 g/mol. The van der Waals surface area contributed by atoms with Gasteiger partial charge in [-0.1, -0.05) is 6.42 Å². The Balaban J connectivity index is 1.56. The first-order chi connectivity index (χ1) is 13.0. The Morgan fingerprint density at radius 3 is 2.93 bits per heavy atom. The number of nitrogens with one attached hydrogen (secondary N) is 1. The van der Waals surface area contributed by atoms with Gasteiger partial charge in [0.15, 0.2) is 0 Å². The SMILES string of the molecule is Cc1cc(F)ccc1-c1nc(C)c(C(=O)NCCCN2CCCCC2C)s1. The predicted molar refractivity (Wildman–Crippen MR) is 109 cm³/mol. The summed E-state index contributed by atoms with van der Waals surface area (Å²) in [4.78, 5) is 20.2. The van der Waals surface area contributed by atoms with Gasteiger partial charge in [-0.05, 0) is 70.3 Å². The Hall–Kier alpha value is -1.79. The van der Waals surface area contributed by atoms with Gasteiger partial charge in [0.25, 0.3) is 5.91 Å². The molecule has 1 aromatic carbocycles. The Bertz CT molecular complexity index is 805. The van der Waals surface area contributed by atoms with Gasteiger partial charge in [-0.25, -0.2) is 9.37 Å². The van der Waals surface area contributed by atoms with E-state index in [2.05, 4.69) is 22.1 Å². The molecule has 146 valence electrons. The van der Waals surface area contributed by atoms with Crippen molar-refractivity contribution in [1.82, 2.24) is 15.2 Å². The summed E-state index contributed by atoms with van der Waals surface area (Å²) in [7, 11) is 0. The summed E-state index contributed by atoms with van der Waals surface area (Å²) in [6.07, 6.45) is 4.84. The van der Waals surface area contributed by atoms with Crippen molar-refractivity contribution in [3.8, 4) is 10.6 Å². The van der Waals surface area contributed by atoms with E-state index in [1.807, 2.05) is 13.8 Å². The highest BCUT2D eigenvalue weighted by atomic mass is 32.1. The van der Waals surface area contributed by atoms with Gasteiger partial charge < -0.3 is 10.2 Å². The van der Waals surface area contributed by atoms with Crippen molar-refractivity contribution in [3.63, 3.8) is 0 Å². The molecule has 0 saturated carbocycles. The highest BCUT2D eigenvalue weighted by Gasteiger charge is 2.19. The number of halogens is 1. The number of benzene rings is 1. The Kier molecular flexibility index (Phi) is 6.60. The fraction of sp³-hybridized carbons (Fsp3) is 0.524. The Morgan fingerprint density at radius 2 is 2.19 bits per heavy atom. The highest BCUT2D eigenvalue weighted by molar-refractivity contribution is 7.17. The number of nitrogens with zero attached hydrogens (tertiary/aromatic N) is 2. The molecule has 3 rings (SSSR count). The molecule has 2 heterocycles. The lowest BCUT2D eigenvalue weighted by molar-refractivity contribution is 0.0952. The van der Waals surface area contributed by atoms with Crippen LogP contribution in [0.5, 0.6) is 0 Å². The average Bonchev–Trinajstić information content (AvgIpc) is 3.01. The summed E-state index contributed by atoms with van der Waals surface area (Å²) in [5.41, 5.74) is 2.43. The third-order valence-corrected chi connectivity index (χ3v) is 6.46. The van der Waals surface area contributed by atoms with Gasteiger partial charge >= 0.3 is 0 Å². The number of piperidine rings is 1. The molecule has 0 aliphatic carbocycles. The second kappa shape index (κ2) is 8.93. The molecule has 4 nitrogen and oxygen atoms in total. The zero-order valence-electron chi connectivity index (χ0n) is 16.3. The monoisotopic (exact) mass is 389 g/mol. The van der Waals surface area contributed by atoms with Crippen molar-refractivity contribution in [2.24, 2.45) is 0 Å². The largest absolute Gasteiger partial charge is 0.351 e. The van der Waals surface area contributed by atoms with Crippen molar-refractivity contribution in [2.75, 3.05) is 19.6 Å². The second-order valence-corrected chi connectivity index (χ2v) is 8.38. The zero-order valence-corrected chi connectivity index (χ0v) is 17.2. The normalized spacial score (nSPS) is 17.9. The molecule has 2 aromatic rings. The van der Waals surface area contributed by atoms with Crippen LogP contribution in [-0.2, 0) is 0 Å². The van der Waals surface area contributed by atoms with Crippen LogP contribution >= 0.6 is 11.3 Å². The summed E-state index contributed by atoms with van der Waals surface area (Å²) in [5.74, 6) is -0.326. The molecule has 0 radical (unpaired) electrons. The van der Waals surface area contributed by atoms with E-state index in [9.17, 15) is 9.18 Å². The minimum atomic E-state index is -0.259. The lowest BCUT2D eigenvalue weighted by Gasteiger charge is -2.33. The number of hydrogen-bond acceptors (Lipinski definition) is 4. The topological polar surface area (TPSA) is 45.2 Å². The quantitative estimate of drug-likeness (QED) is 0.737. The van der Waals surface area contributed by atoms with E-state index in [-0.39, 0.29) is 11.7 Å². The van der Waals surface area contributed by atoms with Crippen LogP contribution in [0.1, 0.15) is 53.5 Å². The molecule has 0 spiro atoms. The van der Waals surface area contributed by atoms with E-state index in [1.54, 1.807) is 6.07 Å². The van der Waals surface area contributed by atoms with Crippen molar-refractivity contribution in [1.29, 1.82) is 0 Å². The van der Waals surface area contributed by atoms with Crippen molar-refractivity contribution in [3.05, 3.63) is 40.2 Å². The fourth-order valence-corrected chi connectivity index (χ4v) is 4.72. The first kappa shape index (κ1) is 20.0. The van der Waals surface area contributed by atoms with Crippen LogP contribution in [0.15, 0.2) is 18.2 Å². The molecule has 6 heteroatoms. The number of rotatable bonds is 6. The third-order valence-electron chi connectivity index (χ3n) is 5.27. The number of carbonyl (C=O) groups is 1. The minimum absolute atomic E-state index is 0.0669. The van der Waals surface area contributed by atoms with Crippen molar-refractivity contribution >= 4 is 17.2 Å². The fourth-order valence-electron chi connectivity index (χ4n) is 3.64. The Labute approximate surface area is 164 Å². The first-order valence-electron chi connectivity index (χ1n) is 9.72. The standard InChI is InChI=1S/C21H28FN3OS/c1-14-13-17(22)8-9-18(14)21-24-16(3)19(27-21)20(26)23-10-6-12-25-11-5-4-7-15(25)2/h8-9,13,15H,4-7,10-12H2,1-3H3,(H,23,26). The molecule has 1 aliphatic heterocycles. The van der Waals surface area contributed by atoms with E-state index >= 15 is 0 Å². The summed E-state index contributed by atoms with van der Waals surface area (Å²) < 4.78 is 13.3. The Morgan fingerprint density at radius 1 is 1.37 bits per heavy atom. The lowest BCUT2D eigenvalue weighted by atomic mass is 10.0. The number of aryl methyl sites for hydroxylation is 2. The van der Waals surface area contributed by atoms with Crippen molar-refractivity contribution in [2.45, 2.75) is 52.5 Å². The number of aromatic nitrogens is 1. The smallest absolute Gasteiger partial charge is 0.263 e. The van der Waals surface area contributed by atoms with E-state index in [0.29, 0.717) is 17.5 Å². The highest BCUT2D eigenvalue weighted by Crippen LogP contribution is 2.30. The van der Waals surface area contributed by atoms with Crippen LogP contribution in [0.4, 0.5) is 4.39 Å². The lowest BCUT2D eigenvalue weighted by Crippen LogP contribution is -2.39. The minimum Gasteiger partial charge on any atom is -0.351 e. The maximum atomic E-state index is 13.3. The first-order valence-corrected chi connectivity index (χ1v) is 10.5. The molecule has 1 aliphatic rings. The maximum absolute atomic E-state index is 13.3. The van der Waals surface area contributed by atoms with E-state index in [1.165, 1.54) is 49.3 Å². The molecule has 1 saturated heterocycles. The molecule has 1 N–H and O–H groups in total. The molecule has 1 fully saturated rings. The van der Waals surface area contributed by atoms with Crippen LogP contribution in [0.2, 0.25) is 0 Å². The maximum Gasteiger partial charge on any atom is 0.263 e. The number of hydrogen-bond donors (Lipinski definition) is 1. The van der Waals surface area contributed by atoms with Gasteiger partial charge in [0.05, 0.1) is 5.69 Å². The van der Waals surface area contributed by atoms with Crippen molar-refractivity contribution < 1.29 is 9.18 Å². The van der Waals surface area contributed by atoms with Crippen LogP contribution in [-0.4, -0.2) is 41.5 Å². The van der Waals surface area contributed by atoms with Gasteiger partial charge in [0.1, 0.15) is 15.7 Å². The van der Waals surface area contributed by atoms with E-state index in [0.717, 1.165) is 34.8 Å². The number of likely N-dealkylation sites (tertiary alicyclic amines) is 1. The summed E-state index contributed by atoms with van der Waals surface area (Å²) in [6, 6.07) is 5.30. The number of amides is 1. The van der Waals surface area contributed by atoms with Crippen LogP contribution in [0.25, 0.3) is 10.6 Å². The van der Waals surface area contributed by atoms with Gasteiger partial charge in [-0.2, -0.15) is 0 Å². The molecule has 27 heavy (non-hydrogen) atoms.